The van der Waals surface area contributed by atoms with Gasteiger partial charge in [0.15, 0.2) is 11.6 Å². The lowest BCUT2D eigenvalue weighted by molar-refractivity contribution is -0.116. The van der Waals surface area contributed by atoms with Crippen LogP contribution in [0.5, 0.6) is 5.75 Å². The number of halogens is 1. The highest BCUT2D eigenvalue weighted by molar-refractivity contribution is 5.82. The molecular weight excluding hydrogens is 249 g/mol. The average Bonchev–Trinajstić information content (AvgIpc) is 2.29. The molecule has 6 heteroatoms. The molecule has 0 unspecified atom stereocenters. The van der Waals surface area contributed by atoms with E-state index in [1.807, 2.05) is 13.8 Å². The number of amides is 1. The van der Waals surface area contributed by atoms with Gasteiger partial charge in [0.25, 0.3) is 0 Å². The van der Waals surface area contributed by atoms with Crippen molar-refractivity contribution in [3.63, 3.8) is 0 Å². The molecular formula is C13H20FN3O2. The molecule has 19 heavy (non-hydrogen) atoms. The molecule has 0 fully saturated rings. The monoisotopic (exact) mass is 269 g/mol. The van der Waals surface area contributed by atoms with Gasteiger partial charge in [-0.05, 0) is 20.8 Å². The third-order valence-electron chi connectivity index (χ3n) is 2.64. The summed E-state index contributed by atoms with van der Waals surface area (Å²) in [6, 6.07) is 2.68. The summed E-state index contributed by atoms with van der Waals surface area (Å²) < 4.78 is 18.8. The quantitative estimate of drug-likeness (QED) is 0.767. The number of nitrogens with zero attached hydrogens (tertiary/aromatic N) is 1. The molecule has 0 aromatic heterocycles. The number of carbonyl (C=O) groups is 1. The fourth-order valence-corrected chi connectivity index (χ4v) is 1.79. The van der Waals surface area contributed by atoms with Crippen LogP contribution in [0.1, 0.15) is 20.8 Å². The molecule has 0 aliphatic heterocycles. The highest BCUT2D eigenvalue weighted by Crippen LogP contribution is 2.32. The Hall–Kier alpha value is -1.98. The van der Waals surface area contributed by atoms with Crippen molar-refractivity contribution in [2.24, 2.45) is 5.73 Å². The molecule has 0 heterocycles. The molecule has 4 N–H and O–H groups in total. The summed E-state index contributed by atoms with van der Waals surface area (Å²) >= 11 is 0. The van der Waals surface area contributed by atoms with E-state index in [0.29, 0.717) is 12.3 Å². The van der Waals surface area contributed by atoms with Crippen LogP contribution in [-0.2, 0) is 4.79 Å². The van der Waals surface area contributed by atoms with Crippen molar-refractivity contribution >= 4 is 17.3 Å². The summed E-state index contributed by atoms with van der Waals surface area (Å²) in [5.74, 6) is -0.886. The maximum absolute atomic E-state index is 13.6. The first-order chi connectivity index (χ1) is 8.86. The molecule has 0 aliphatic carbocycles. The SMILES string of the molecule is CCOc1cc(N(CC(N)=O)C(C)C)c(N)cc1F. The van der Waals surface area contributed by atoms with Gasteiger partial charge in [-0.2, -0.15) is 0 Å². The van der Waals surface area contributed by atoms with Crippen molar-refractivity contribution in [1.82, 2.24) is 0 Å². The number of hydrogen-bond acceptors (Lipinski definition) is 4. The molecule has 0 atom stereocenters. The second-order valence-electron chi connectivity index (χ2n) is 4.46. The summed E-state index contributed by atoms with van der Waals surface area (Å²) in [6.45, 7) is 5.91. The van der Waals surface area contributed by atoms with E-state index in [9.17, 15) is 9.18 Å². The first-order valence-electron chi connectivity index (χ1n) is 6.13. The fourth-order valence-electron chi connectivity index (χ4n) is 1.79. The van der Waals surface area contributed by atoms with Crippen molar-refractivity contribution < 1.29 is 13.9 Å². The zero-order chi connectivity index (χ0) is 14.6. The fraction of sp³-hybridized carbons (Fsp3) is 0.462. The van der Waals surface area contributed by atoms with Gasteiger partial charge in [0.1, 0.15) is 0 Å². The Morgan fingerprint density at radius 2 is 2.11 bits per heavy atom. The molecule has 1 aromatic rings. The van der Waals surface area contributed by atoms with Gasteiger partial charge in [-0.1, -0.05) is 0 Å². The Morgan fingerprint density at radius 3 is 2.58 bits per heavy atom. The molecule has 0 aliphatic rings. The van der Waals surface area contributed by atoms with Gasteiger partial charge in [-0.3, -0.25) is 4.79 Å². The number of benzene rings is 1. The standard InChI is InChI=1S/C13H20FN3O2/c1-4-19-12-6-11(10(15)5-9(12)14)17(8(2)3)7-13(16)18/h5-6,8H,4,7,15H2,1-3H3,(H2,16,18). The highest BCUT2D eigenvalue weighted by Gasteiger charge is 2.18. The van der Waals surface area contributed by atoms with Gasteiger partial charge in [-0.15, -0.1) is 0 Å². The number of hydrogen-bond donors (Lipinski definition) is 2. The van der Waals surface area contributed by atoms with Crippen LogP contribution in [0.2, 0.25) is 0 Å². The van der Waals surface area contributed by atoms with E-state index in [0.717, 1.165) is 0 Å². The van der Waals surface area contributed by atoms with Crippen molar-refractivity contribution in [3.8, 4) is 5.75 Å². The van der Waals surface area contributed by atoms with Gasteiger partial charge >= 0.3 is 0 Å². The Labute approximate surface area is 112 Å². The molecule has 0 spiro atoms. The van der Waals surface area contributed by atoms with Crippen LogP contribution >= 0.6 is 0 Å². The van der Waals surface area contributed by atoms with Gasteiger partial charge in [0.2, 0.25) is 5.91 Å². The number of rotatable bonds is 6. The van der Waals surface area contributed by atoms with E-state index in [4.69, 9.17) is 16.2 Å². The number of carbonyl (C=O) groups excluding carboxylic acids is 1. The molecule has 0 saturated heterocycles. The summed E-state index contributed by atoms with van der Waals surface area (Å²) in [7, 11) is 0. The lowest BCUT2D eigenvalue weighted by atomic mass is 10.2. The Balaban J connectivity index is 3.21. The minimum Gasteiger partial charge on any atom is -0.491 e. The third kappa shape index (κ3) is 3.74. The smallest absolute Gasteiger partial charge is 0.236 e. The van der Waals surface area contributed by atoms with Crippen LogP contribution in [0.25, 0.3) is 0 Å². The van der Waals surface area contributed by atoms with Crippen molar-refractivity contribution in [1.29, 1.82) is 0 Å². The average molecular weight is 269 g/mol. The van der Waals surface area contributed by atoms with Gasteiger partial charge in [0.05, 0.1) is 24.5 Å². The second-order valence-corrected chi connectivity index (χ2v) is 4.46. The van der Waals surface area contributed by atoms with E-state index in [1.165, 1.54) is 12.1 Å². The minimum atomic E-state index is -0.522. The highest BCUT2D eigenvalue weighted by atomic mass is 19.1. The van der Waals surface area contributed by atoms with E-state index in [-0.39, 0.29) is 24.0 Å². The van der Waals surface area contributed by atoms with Crippen LogP contribution in [-0.4, -0.2) is 25.1 Å². The Kier molecular flexibility index (Phi) is 4.97. The predicted octanol–water partition coefficient (Wildman–Crippen LogP) is 1.51. The largest absolute Gasteiger partial charge is 0.491 e. The Morgan fingerprint density at radius 1 is 1.47 bits per heavy atom. The van der Waals surface area contributed by atoms with E-state index < -0.39 is 11.7 Å². The van der Waals surface area contributed by atoms with E-state index >= 15 is 0 Å². The summed E-state index contributed by atoms with van der Waals surface area (Å²) in [5.41, 5.74) is 11.8. The maximum atomic E-state index is 13.6. The van der Waals surface area contributed by atoms with Crippen LogP contribution in [0.4, 0.5) is 15.8 Å². The van der Waals surface area contributed by atoms with Gasteiger partial charge in [0, 0.05) is 18.2 Å². The summed E-state index contributed by atoms with van der Waals surface area (Å²) in [5, 5.41) is 0. The van der Waals surface area contributed by atoms with Crippen LogP contribution in [0.15, 0.2) is 12.1 Å². The number of ether oxygens (including phenoxy) is 1. The molecule has 0 saturated carbocycles. The predicted molar refractivity (Wildman–Crippen MR) is 73.7 cm³/mol. The van der Waals surface area contributed by atoms with Gasteiger partial charge in [-0.25, -0.2) is 4.39 Å². The Bertz CT molecular complexity index is 463. The molecule has 1 rings (SSSR count). The lowest BCUT2D eigenvalue weighted by Gasteiger charge is -2.29. The number of nitrogens with two attached hydrogens (primary N) is 2. The molecule has 1 amide bonds. The molecule has 1 aromatic carbocycles. The summed E-state index contributed by atoms with van der Waals surface area (Å²) in [6.07, 6.45) is 0. The van der Waals surface area contributed by atoms with Crippen molar-refractivity contribution in [2.45, 2.75) is 26.8 Å². The van der Waals surface area contributed by atoms with Gasteiger partial charge < -0.3 is 21.1 Å². The number of primary amides is 1. The zero-order valence-electron chi connectivity index (χ0n) is 11.4. The first kappa shape index (κ1) is 15.1. The van der Waals surface area contributed by atoms with Crippen LogP contribution in [0.3, 0.4) is 0 Å². The second kappa shape index (κ2) is 6.26. The van der Waals surface area contributed by atoms with Crippen molar-refractivity contribution in [2.75, 3.05) is 23.8 Å². The molecule has 106 valence electrons. The van der Waals surface area contributed by atoms with E-state index in [2.05, 4.69) is 0 Å². The normalized spacial score (nSPS) is 10.6. The van der Waals surface area contributed by atoms with Crippen LogP contribution in [0, 0.1) is 5.82 Å². The summed E-state index contributed by atoms with van der Waals surface area (Å²) in [4.78, 5) is 12.8. The minimum absolute atomic E-state index is 0.00487. The zero-order valence-corrected chi connectivity index (χ0v) is 11.4. The first-order valence-corrected chi connectivity index (χ1v) is 6.13. The maximum Gasteiger partial charge on any atom is 0.236 e. The molecule has 0 bridgehead atoms. The van der Waals surface area contributed by atoms with Crippen LogP contribution < -0.4 is 21.1 Å². The third-order valence-corrected chi connectivity index (χ3v) is 2.64. The van der Waals surface area contributed by atoms with Crippen molar-refractivity contribution in [3.05, 3.63) is 17.9 Å². The molecule has 5 nitrogen and oxygen atoms in total. The lowest BCUT2D eigenvalue weighted by Crippen LogP contribution is -2.39. The number of nitrogen functional groups attached to an aromatic ring is 1. The number of anilines is 2. The molecule has 0 radical (unpaired) electrons. The van der Waals surface area contributed by atoms with E-state index in [1.54, 1.807) is 11.8 Å². The topological polar surface area (TPSA) is 81.6 Å².